The van der Waals surface area contributed by atoms with Gasteiger partial charge in [-0.15, -0.1) is 0 Å². The SMILES string of the molecule is C=C/C=C(N)\C=C/C.C=C1/C=c2\c(n(-c3ccccc3)c3ccc4c5ccccc5oc4c23)=C/N(c2ccc(CNC(C)c3ccccc3)cc2)c2ccccc21.CN. The Morgan fingerprint density at radius 3 is 2.19 bits per heavy atom. The molecule has 5 N–H and O–H groups in total. The Balaban J connectivity index is 0.000000476. The van der Waals surface area contributed by atoms with Crippen LogP contribution in [-0.2, 0) is 6.54 Å². The minimum absolute atomic E-state index is 0.259. The lowest BCUT2D eigenvalue weighted by Crippen LogP contribution is -2.33. The molecule has 0 aliphatic carbocycles. The standard InChI is InChI=1S/C45H35N3O.C7H11N.CH5N/c1-30-27-39-42(48(35-15-7-4-8-16-35)41-26-25-38-37-18-10-12-20-43(37)49-45(38)44(39)41)29-47(40-19-11-9-17-36(30)40)34-23-21-32(22-24-34)28-46-31(2)33-13-5-3-6-14-33;1-3-5-7(8)6-4-2;1-2/h3-27,29,31,46H,1,28H2,2H3;3-6H,1,8H2,2H3;2H2,1H3/b39-27+,42-29+;6-4-,7-5+;. The van der Waals surface area contributed by atoms with E-state index in [1.54, 1.807) is 12.2 Å². The second kappa shape index (κ2) is 18.4. The molecule has 3 heterocycles. The van der Waals surface area contributed by atoms with Crippen LogP contribution in [0.15, 0.2) is 193 Å². The summed E-state index contributed by atoms with van der Waals surface area (Å²) in [6.07, 6.45) is 11.6. The number of nitrogens with two attached hydrogens (primary N) is 2. The lowest BCUT2D eigenvalue weighted by molar-refractivity contribution is 0.575. The molecule has 0 spiro atoms. The second-order valence-electron chi connectivity index (χ2n) is 14.2. The van der Waals surface area contributed by atoms with Gasteiger partial charge >= 0.3 is 0 Å². The lowest BCUT2D eigenvalue weighted by Gasteiger charge is -2.25. The van der Waals surface area contributed by atoms with Crippen molar-refractivity contribution in [3.63, 3.8) is 0 Å². The van der Waals surface area contributed by atoms with E-state index in [0.29, 0.717) is 0 Å². The third kappa shape index (κ3) is 8.32. The van der Waals surface area contributed by atoms with Crippen LogP contribution in [0.2, 0.25) is 0 Å². The number of allylic oxidation sites excluding steroid dienone is 5. The van der Waals surface area contributed by atoms with Gasteiger partial charge in [-0.05, 0) is 104 Å². The number of fused-ring (bicyclic) bond motifs is 8. The van der Waals surface area contributed by atoms with Crippen LogP contribution < -0.4 is 32.3 Å². The molecule has 0 fully saturated rings. The molecule has 6 heteroatoms. The number of rotatable bonds is 8. The van der Waals surface area contributed by atoms with Crippen LogP contribution in [0.25, 0.3) is 56.4 Å². The van der Waals surface area contributed by atoms with Crippen LogP contribution in [0.1, 0.15) is 36.6 Å². The number of hydrogen-bond donors (Lipinski definition) is 3. The van der Waals surface area contributed by atoms with Crippen molar-refractivity contribution in [2.45, 2.75) is 26.4 Å². The Kier molecular flexibility index (Phi) is 12.5. The molecule has 1 unspecified atom stereocenters. The molecular weight excluding hydrogens is 723 g/mol. The molecule has 59 heavy (non-hydrogen) atoms. The van der Waals surface area contributed by atoms with Gasteiger partial charge in [-0.2, -0.15) is 0 Å². The number of nitrogens with zero attached hydrogens (tertiary/aromatic N) is 2. The molecule has 294 valence electrons. The maximum atomic E-state index is 6.65. The summed E-state index contributed by atoms with van der Waals surface area (Å²) in [6.45, 7) is 13.0. The van der Waals surface area contributed by atoms with E-state index >= 15 is 0 Å². The van der Waals surface area contributed by atoms with Crippen molar-refractivity contribution >= 4 is 62.1 Å². The van der Waals surface area contributed by atoms with Crippen LogP contribution in [0.4, 0.5) is 11.4 Å². The average molecular weight is 774 g/mol. The van der Waals surface area contributed by atoms with E-state index < -0.39 is 0 Å². The zero-order valence-corrected chi connectivity index (χ0v) is 34.0. The van der Waals surface area contributed by atoms with Crippen molar-refractivity contribution in [3.05, 3.63) is 216 Å². The molecule has 6 nitrogen and oxygen atoms in total. The largest absolute Gasteiger partial charge is 0.455 e. The third-order valence-corrected chi connectivity index (χ3v) is 10.4. The third-order valence-electron chi connectivity index (χ3n) is 10.4. The van der Waals surface area contributed by atoms with Gasteiger partial charge in [-0.25, -0.2) is 0 Å². The summed E-state index contributed by atoms with van der Waals surface area (Å²) in [5.41, 5.74) is 21.3. The highest BCUT2D eigenvalue weighted by Gasteiger charge is 2.21. The van der Waals surface area contributed by atoms with E-state index in [1.165, 1.54) is 18.2 Å². The lowest BCUT2D eigenvalue weighted by atomic mass is 10.0. The van der Waals surface area contributed by atoms with E-state index in [4.69, 9.17) is 10.2 Å². The van der Waals surface area contributed by atoms with Gasteiger partial charge in [0.2, 0.25) is 0 Å². The average Bonchev–Trinajstić information content (AvgIpc) is 3.81. The molecule has 6 aromatic carbocycles. The highest BCUT2D eigenvalue weighted by molar-refractivity contribution is 6.16. The number of hydrogen-bond acceptors (Lipinski definition) is 5. The normalized spacial score (nSPS) is 14.1. The van der Waals surface area contributed by atoms with Crippen molar-refractivity contribution in [1.82, 2.24) is 9.88 Å². The van der Waals surface area contributed by atoms with Gasteiger partial charge in [0.1, 0.15) is 11.2 Å². The Labute approximate surface area is 346 Å². The van der Waals surface area contributed by atoms with E-state index in [-0.39, 0.29) is 6.04 Å². The first kappa shape index (κ1) is 40.1. The first-order valence-corrected chi connectivity index (χ1v) is 19.9. The van der Waals surface area contributed by atoms with E-state index in [2.05, 4.69) is 186 Å². The van der Waals surface area contributed by atoms with Crippen molar-refractivity contribution in [2.24, 2.45) is 11.5 Å². The molecule has 9 rings (SSSR count). The van der Waals surface area contributed by atoms with Gasteiger partial charge < -0.3 is 30.7 Å². The molecule has 0 radical (unpaired) electrons. The number of furan rings is 1. The smallest absolute Gasteiger partial charge is 0.145 e. The minimum Gasteiger partial charge on any atom is -0.455 e. The molecule has 0 bridgehead atoms. The summed E-state index contributed by atoms with van der Waals surface area (Å²) >= 11 is 0. The van der Waals surface area contributed by atoms with Gasteiger partial charge in [0.15, 0.2) is 0 Å². The summed E-state index contributed by atoms with van der Waals surface area (Å²) in [5, 5.41) is 9.14. The first-order valence-electron chi connectivity index (χ1n) is 19.9. The van der Waals surface area contributed by atoms with Crippen molar-refractivity contribution < 1.29 is 4.42 Å². The minimum atomic E-state index is 0.259. The number of benzene rings is 6. The topological polar surface area (TPSA) is 85.4 Å². The summed E-state index contributed by atoms with van der Waals surface area (Å²) < 4.78 is 9.01. The number of aromatic nitrogens is 1. The van der Waals surface area contributed by atoms with E-state index in [1.807, 2.05) is 31.2 Å². The number of para-hydroxylation sites is 3. The Hall–Kier alpha value is -7.12. The van der Waals surface area contributed by atoms with Gasteiger partial charge in [-0.3, -0.25) is 0 Å². The van der Waals surface area contributed by atoms with Gasteiger partial charge in [0.05, 0.1) is 21.9 Å². The van der Waals surface area contributed by atoms with Crippen LogP contribution in [0.3, 0.4) is 0 Å². The Morgan fingerprint density at radius 2 is 1.46 bits per heavy atom. The van der Waals surface area contributed by atoms with Gasteiger partial charge in [-0.1, -0.05) is 122 Å². The fraction of sp³-hybridized carbons (Fsp3) is 0.0943. The van der Waals surface area contributed by atoms with Crippen molar-refractivity contribution in [3.8, 4) is 5.69 Å². The summed E-state index contributed by atoms with van der Waals surface area (Å²) in [4.78, 5) is 2.31. The second-order valence-corrected chi connectivity index (χ2v) is 14.2. The maximum absolute atomic E-state index is 6.65. The molecule has 1 atom stereocenters. The van der Waals surface area contributed by atoms with Crippen molar-refractivity contribution in [2.75, 3.05) is 11.9 Å². The number of anilines is 2. The highest BCUT2D eigenvalue weighted by atomic mass is 16.3. The molecule has 1 aliphatic heterocycles. The van der Waals surface area contributed by atoms with E-state index in [0.717, 1.165) is 83.8 Å². The fourth-order valence-corrected chi connectivity index (χ4v) is 7.63. The highest BCUT2D eigenvalue weighted by Crippen LogP contribution is 2.36. The Bertz CT molecular complexity index is 2920. The van der Waals surface area contributed by atoms with E-state index in [9.17, 15) is 0 Å². The first-order chi connectivity index (χ1) is 28.9. The molecular formula is C53H51N5O. The molecule has 8 aromatic rings. The van der Waals surface area contributed by atoms with Crippen LogP contribution in [0, 0.1) is 0 Å². The van der Waals surface area contributed by atoms with Crippen LogP contribution in [-0.4, -0.2) is 11.6 Å². The van der Waals surface area contributed by atoms with Crippen molar-refractivity contribution in [1.29, 1.82) is 0 Å². The maximum Gasteiger partial charge on any atom is 0.145 e. The summed E-state index contributed by atoms with van der Waals surface area (Å²) in [7, 11) is 1.50. The predicted molar refractivity (Wildman–Crippen MR) is 252 cm³/mol. The molecule has 2 aromatic heterocycles. The van der Waals surface area contributed by atoms with Gasteiger partial charge in [0.25, 0.3) is 0 Å². The molecule has 0 amide bonds. The van der Waals surface area contributed by atoms with Gasteiger partial charge in [0, 0.05) is 57.4 Å². The Morgan fingerprint density at radius 1 is 0.780 bits per heavy atom. The fourth-order valence-electron chi connectivity index (χ4n) is 7.63. The summed E-state index contributed by atoms with van der Waals surface area (Å²) in [6, 6.07) is 51.6. The zero-order valence-electron chi connectivity index (χ0n) is 34.0. The van der Waals surface area contributed by atoms with Crippen LogP contribution in [0.5, 0.6) is 0 Å². The molecule has 1 aliphatic rings. The molecule has 0 saturated carbocycles. The summed E-state index contributed by atoms with van der Waals surface area (Å²) in [5.74, 6) is 0. The zero-order chi connectivity index (χ0) is 41.3. The monoisotopic (exact) mass is 773 g/mol. The quantitative estimate of drug-likeness (QED) is 0.134. The van der Waals surface area contributed by atoms with Crippen LogP contribution >= 0.6 is 0 Å². The molecule has 0 saturated heterocycles. The predicted octanol–water partition coefficient (Wildman–Crippen LogP) is 10.9. The number of nitrogens with one attached hydrogen (secondary N) is 1.